The Morgan fingerprint density at radius 3 is 2.46 bits per heavy atom. The number of nitrogens with zero attached hydrogens (tertiary/aromatic N) is 1. The summed E-state index contributed by atoms with van der Waals surface area (Å²) in [6.07, 6.45) is 0. The van der Waals surface area contributed by atoms with Gasteiger partial charge in [0.15, 0.2) is 0 Å². The van der Waals surface area contributed by atoms with Crippen LogP contribution in [0.5, 0.6) is 0 Å². The van der Waals surface area contributed by atoms with E-state index in [2.05, 4.69) is 20.9 Å². The maximum absolute atomic E-state index is 13.1. The van der Waals surface area contributed by atoms with Gasteiger partial charge in [-0.1, -0.05) is 28.1 Å². The zero-order chi connectivity index (χ0) is 18.3. The Morgan fingerprint density at radius 2 is 1.73 bits per heavy atom. The monoisotopic (exact) mass is 426 g/mol. The van der Waals surface area contributed by atoms with Crippen LogP contribution in [-0.4, -0.2) is 11.0 Å². The maximum Gasteiger partial charge on any atom is 0.123 e. The topological polar surface area (TPSA) is 53.0 Å². The van der Waals surface area contributed by atoms with Crippen molar-refractivity contribution < 1.29 is 14.3 Å². The molecule has 0 atom stereocenters. The molecule has 0 radical (unpaired) electrons. The average Bonchev–Trinajstić information content (AvgIpc) is 3.11. The molecular formula is C20H10BrFNO2S-. The average molecular weight is 427 g/mol. The molecule has 0 aliphatic heterocycles. The van der Waals surface area contributed by atoms with E-state index >= 15 is 0 Å². The summed E-state index contributed by atoms with van der Waals surface area (Å²) in [5.74, 6) is -1.53. The molecule has 0 spiro atoms. The molecule has 0 aliphatic carbocycles. The molecule has 0 bridgehead atoms. The minimum atomic E-state index is -1.24. The Balaban J connectivity index is 1.83. The van der Waals surface area contributed by atoms with E-state index in [0.29, 0.717) is 16.6 Å². The number of carboxylic acid groups (broad SMARTS) is 1. The quantitative estimate of drug-likeness (QED) is 0.468. The number of rotatable bonds is 3. The summed E-state index contributed by atoms with van der Waals surface area (Å²) >= 11 is 4.82. The van der Waals surface area contributed by atoms with Crippen molar-refractivity contribution in [1.82, 2.24) is 4.98 Å². The van der Waals surface area contributed by atoms with Crippen LogP contribution in [0.15, 0.2) is 65.1 Å². The van der Waals surface area contributed by atoms with Crippen molar-refractivity contribution >= 4 is 44.1 Å². The SMILES string of the molecule is O=C([O-])c1cc(-c2ccc(-c3ccc(F)cc3)s2)nc2ccc(Br)cc12. The first-order valence-corrected chi connectivity index (χ1v) is 9.30. The molecule has 0 amide bonds. The molecule has 3 nitrogen and oxygen atoms in total. The van der Waals surface area contributed by atoms with Crippen LogP contribution in [0, 0.1) is 5.82 Å². The zero-order valence-corrected chi connectivity index (χ0v) is 15.6. The predicted molar refractivity (Wildman–Crippen MR) is 102 cm³/mol. The van der Waals surface area contributed by atoms with Gasteiger partial charge in [-0.25, -0.2) is 9.37 Å². The maximum atomic E-state index is 13.1. The summed E-state index contributed by atoms with van der Waals surface area (Å²) in [6, 6.07) is 16.9. The number of carbonyl (C=O) groups excluding carboxylic acids is 1. The van der Waals surface area contributed by atoms with Crippen molar-refractivity contribution in [3.8, 4) is 21.0 Å². The fourth-order valence-electron chi connectivity index (χ4n) is 2.74. The van der Waals surface area contributed by atoms with E-state index in [4.69, 9.17) is 0 Å². The molecule has 2 aromatic heterocycles. The minimum absolute atomic E-state index is 0.100. The van der Waals surface area contributed by atoms with Crippen LogP contribution in [0.3, 0.4) is 0 Å². The van der Waals surface area contributed by atoms with Crippen molar-refractivity contribution in [2.45, 2.75) is 0 Å². The van der Waals surface area contributed by atoms with E-state index in [0.717, 1.165) is 19.8 Å². The Labute approximate surface area is 160 Å². The molecule has 2 heterocycles. The predicted octanol–water partition coefficient (Wildman–Crippen LogP) is 4.90. The van der Waals surface area contributed by atoms with Gasteiger partial charge in [0.2, 0.25) is 0 Å². The van der Waals surface area contributed by atoms with Gasteiger partial charge in [-0.2, -0.15) is 0 Å². The molecule has 6 heteroatoms. The highest BCUT2D eigenvalue weighted by Gasteiger charge is 2.12. The normalized spacial score (nSPS) is 11.0. The lowest BCUT2D eigenvalue weighted by atomic mass is 10.1. The molecule has 0 saturated heterocycles. The molecule has 0 aliphatic rings. The minimum Gasteiger partial charge on any atom is -0.545 e. The first-order chi connectivity index (χ1) is 12.5. The smallest absolute Gasteiger partial charge is 0.123 e. The number of fused-ring (bicyclic) bond motifs is 1. The molecule has 2 aromatic carbocycles. The van der Waals surface area contributed by atoms with Gasteiger partial charge < -0.3 is 9.90 Å². The molecule has 26 heavy (non-hydrogen) atoms. The number of halogens is 2. The van der Waals surface area contributed by atoms with Crippen LogP contribution in [0.4, 0.5) is 4.39 Å². The Bertz CT molecular complexity index is 1140. The lowest BCUT2D eigenvalue weighted by Gasteiger charge is -2.10. The van der Waals surface area contributed by atoms with E-state index in [9.17, 15) is 14.3 Å². The van der Waals surface area contributed by atoms with E-state index in [-0.39, 0.29) is 11.4 Å². The van der Waals surface area contributed by atoms with Gasteiger partial charge in [0.05, 0.1) is 22.1 Å². The van der Waals surface area contributed by atoms with Gasteiger partial charge in [-0.15, -0.1) is 11.3 Å². The second-order valence-electron chi connectivity index (χ2n) is 5.67. The molecule has 0 saturated carbocycles. The van der Waals surface area contributed by atoms with Gasteiger partial charge in [-0.05, 0) is 54.1 Å². The summed E-state index contributed by atoms with van der Waals surface area (Å²) in [7, 11) is 0. The number of hydrogen-bond acceptors (Lipinski definition) is 4. The highest BCUT2D eigenvalue weighted by molar-refractivity contribution is 9.10. The number of thiophene rings is 1. The summed E-state index contributed by atoms with van der Waals surface area (Å²) in [4.78, 5) is 18.0. The highest BCUT2D eigenvalue weighted by Crippen LogP contribution is 2.35. The Kier molecular flexibility index (Phi) is 4.30. The van der Waals surface area contributed by atoms with Gasteiger partial charge in [0, 0.05) is 20.3 Å². The van der Waals surface area contributed by atoms with E-state index in [1.807, 2.05) is 18.2 Å². The van der Waals surface area contributed by atoms with Crippen LogP contribution >= 0.6 is 27.3 Å². The third-order valence-corrected chi connectivity index (χ3v) is 5.63. The fourth-order valence-corrected chi connectivity index (χ4v) is 4.07. The molecule has 4 aromatic rings. The molecule has 0 fully saturated rings. The van der Waals surface area contributed by atoms with E-state index in [1.54, 1.807) is 24.3 Å². The largest absolute Gasteiger partial charge is 0.545 e. The second-order valence-corrected chi connectivity index (χ2v) is 7.67. The van der Waals surface area contributed by atoms with Gasteiger partial charge >= 0.3 is 0 Å². The van der Waals surface area contributed by atoms with Gasteiger partial charge in [-0.3, -0.25) is 0 Å². The number of benzene rings is 2. The first kappa shape index (κ1) is 16.9. The van der Waals surface area contributed by atoms with E-state index < -0.39 is 5.97 Å². The molecular weight excluding hydrogens is 417 g/mol. The van der Waals surface area contributed by atoms with Crippen LogP contribution in [0.1, 0.15) is 10.4 Å². The fraction of sp³-hybridized carbons (Fsp3) is 0. The Morgan fingerprint density at radius 1 is 1.00 bits per heavy atom. The highest BCUT2D eigenvalue weighted by atomic mass is 79.9. The summed E-state index contributed by atoms with van der Waals surface area (Å²) in [6.45, 7) is 0. The van der Waals surface area contributed by atoms with Crippen LogP contribution in [-0.2, 0) is 0 Å². The lowest BCUT2D eigenvalue weighted by Crippen LogP contribution is -2.22. The van der Waals surface area contributed by atoms with Crippen molar-refractivity contribution in [2.75, 3.05) is 0 Å². The van der Waals surface area contributed by atoms with Crippen molar-refractivity contribution in [2.24, 2.45) is 0 Å². The zero-order valence-electron chi connectivity index (χ0n) is 13.2. The molecule has 0 unspecified atom stereocenters. The lowest BCUT2D eigenvalue weighted by molar-refractivity contribution is -0.254. The summed E-state index contributed by atoms with van der Waals surface area (Å²) < 4.78 is 13.9. The number of aromatic nitrogens is 1. The molecule has 0 N–H and O–H groups in total. The van der Waals surface area contributed by atoms with Crippen LogP contribution in [0.25, 0.3) is 31.9 Å². The number of hydrogen-bond donors (Lipinski definition) is 0. The standard InChI is InChI=1S/C20H11BrFNO2S/c21-12-3-6-16-14(9-12)15(20(24)25)10-17(23-16)19-8-7-18(26-19)11-1-4-13(22)5-2-11/h1-10H,(H,24,25)/p-1. The molecule has 4 rings (SSSR count). The summed E-state index contributed by atoms with van der Waals surface area (Å²) in [5, 5.41) is 12.1. The second kappa shape index (κ2) is 6.63. The number of pyridine rings is 1. The van der Waals surface area contributed by atoms with Crippen LogP contribution < -0.4 is 5.11 Å². The number of aromatic carboxylic acids is 1. The van der Waals surface area contributed by atoms with Crippen molar-refractivity contribution in [3.05, 3.63) is 76.5 Å². The third kappa shape index (κ3) is 3.13. The number of carbonyl (C=O) groups is 1. The van der Waals surface area contributed by atoms with Gasteiger partial charge in [0.1, 0.15) is 5.82 Å². The number of carboxylic acids is 1. The molecule has 128 valence electrons. The summed E-state index contributed by atoms with van der Waals surface area (Å²) in [5.41, 5.74) is 2.15. The van der Waals surface area contributed by atoms with Crippen molar-refractivity contribution in [1.29, 1.82) is 0 Å². The van der Waals surface area contributed by atoms with Gasteiger partial charge in [0.25, 0.3) is 0 Å². The first-order valence-electron chi connectivity index (χ1n) is 7.69. The van der Waals surface area contributed by atoms with Crippen LogP contribution in [0.2, 0.25) is 0 Å². The van der Waals surface area contributed by atoms with Crippen molar-refractivity contribution in [3.63, 3.8) is 0 Å². The third-order valence-electron chi connectivity index (χ3n) is 3.98. The van der Waals surface area contributed by atoms with E-state index in [1.165, 1.54) is 29.5 Å². The Hall–Kier alpha value is -2.57.